The number of anilines is 1. The summed E-state index contributed by atoms with van der Waals surface area (Å²) < 4.78 is 27.4. The summed E-state index contributed by atoms with van der Waals surface area (Å²) in [6.07, 6.45) is 1.43. The third kappa shape index (κ3) is 5.80. The van der Waals surface area contributed by atoms with Gasteiger partial charge in [-0.2, -0.15) is 0 Å². The second kappa shape index (κ2) is 8.41. The van der Waals surface area contributed by atoms with E-state index in [2.05, 4.69) is 5.32 Å². The largest absolute Gasteiger partial charge is 0.466 e. The number of hydrogen-bond donors (Lipinski definition) is 3. The Morgan fingerprint density at radius 1 is 1.24 bits per heavy atom. The number of carbonyl (C=O) groups is 2. The second-order valence-electron chi connectivity index (χ2n) is 6.07. The summed E-state index contributed by atoms with van der Waals surface area (Å²) in [5.41, 5.74) is 0.512. The number of likely N-dealkylation sites (tertiary alicyclic amines) is 1. The molecule has 1 aromatic rings. The number of quaternary nitrogens is 1. The van der Waals surface area contributed by atoms with Crippen molar-refractivity contribution in [2.45, 2.75) is 24.7 Å². The summed E-state index contributed by atoms with van der Waals surface area (Å²) in [4.78, 5) is 24.9. The maximum Gasteiger partial charge on any atom is 0.309 e. The Balaban J connectivity index is 1.80. The molecule has 1 aromatic carbocycles. The van der Waals surface area contributed by atoms with Crippen LogP contribution in [0.5, 0.6) is 0 Å². The van der Waals surface area contributed by atoms with Crippen LogP contribution in [0.25, 0.3) is 0 Å². The van der Waals surface area contributed by atoms with Crippen LogP contribution in [0.4, 0.5) is 5.69 Å². The van der Waals surface area contributed by atoms with Crippen LogP contribution in [-0.4, -0.2) is 46.5 Å². The van der Waals surface area contributed by atoms with E-state index >= 15 is 0 Å². The molecule has 1 aliphatic heterocycles. The molecule has 138 valence electrons. The Kier molecular flexibility index (Phi) is 6.51. The van der Waals surface area contributed by atoms with E-state index in [-0.39, 0.29) is 22.7 Å². The average molecular weight is 370 g/mol. The number of sulfonamides is 1. The highest BCUT2D eigenvalue weighted by Gasteiger charge is 2.29. The zero-order valence-corrected chi connectivity index (χ0v) is 15.0. The summed E-state index contributed by atoms with van der Waals surface area (Å²) in [7, 11) is -3.74. The Bertz CT molecular complexity index is 710. The van der Waals surface area contributed by atoms with Crippen molar-refractivity contribution in [1.82, 2.24) is 0 Å². The summed E-state index contributed by atoms with van der Waals surface area (Å²) in [5.74, 6) is -0.383. The standard InChI is InChI=1S/C16H23N3O5S/c1-2-24-16(21)12-7-9-19(10-8-12)11-15(20)18-13-3-5-14(6-4-13)25(17,22)23/h3-6,12H,2,7-11H2,1H3,(H,18,20)(H2,17,22,23)/p+1. The Morgan fingerprint density at radius 3 is 2.36 bits per heavy atom. The SMILES string of the molecule is CCOC(=O)C1CC[NH+](CC(=O)Nc2ccc(S(N)(=O)=O)cc2)CC1. The lowest BCUT2D eigenvalue weighted by Gasteiger charge is -2.27. The molecule has 4 N–H and O–H groups in total. The molecule has 8 nitrogen and oxygen atoms in total. The highest BCUT2D eigenvalue weighted by Crippen LogP contribution is 2.13. The van der Waals surface area contributed by atoms with Gasteiger partial charge in [-0.25, -0.2) is 13.6 Å². The van der Waals surface area contributed by atoms with Crippen molar-refractivity contribution in [2.24, 2.45) is 11.1 Å². The molecule has 0 radical (unpaired) electrons. The van der Waals surface area contributed by atoms with Crippen LogP contribution in [0.1, 0.15) is 19.8 Å². The van der Waals surface area contributed by atoms with Gasteiger partial charge in [-0.1, -0.05) is 0 Å². The molecule has 1 fully saturated rings. The van der Waals surface area contributed by atoms with Gasteiger partial charge >= 0.3 is 5.97 Å². The molecule has 1 amide bonds. The first-order valence-electron chi connectivity index (χ1n) is 8.22. The Hall–Kier alpha value is -1.97. The molecule has 0 aromatic heterocycles. The molecule has 0 spiro atoms. The zero-order valence-electron chi connectivity index (χ0n) is 14.2. The minimum atomic E-state index is -3.74. The number of nitrogens with one attached hydrogen (secondary N) is 2. The number of esters is 1. The maximum absolute atomic E-state index is 12.1. The predicted molar refractivity (Wildman–Crippen MR) is 91.4 cm³/mol. The van der Waals surface area contributed by atoms with E-state index in [1.165, 1.54) is 24.3 Å². The van der Waals surface area contributed by atoms with Gasteiger partial charge in [0.2, 0.25) is 10.0 Å². The maximum atomic E-state index is 12.1. The summed E-state index contributed by atoms with van der Waals surface area (Å²) in [6, 6.07) is 5.70. The summed E-state index contributed by atoms with van der Waals surface area (Å²) in [6.45, 7) is 3.95. The number of nitrogens with two attached hydrogens (primary N) is 1. The van der Waals surface area contributed by atoms with Gasteiger partial charge in [-0.3, -0.25) is 9.59 Å². The molecule has 0 atom stereocenters. The zero-order chi connectivity index (χ0) is 18.4. The average Bonchev–Trinajstić information content (AvgIpc) is 2.55. The van der Waals surface area contributed by atoms with Crippen LogP contribution in [0.2, 0.25) is 0 Å². The fraction of sp³-hybridized carbons (Fsp3) is 0.500. The van der Waals surface area contributed by atoms with Gasteiger partial charge in [-0.15, -0.1) is 0 Å². The van der Waals surface area contributed by atoms with E-state index in [0.717, 1.165) is 18.0 Å². The fourth-order valence-corrected chi connectivity index (χ4v) is 3.37. The third-order valence-electron chi connectivity index (χ3n) is 4.19. The molecule has 1 saturated heterocycles. The highest BCUT2D eigenvalue weighted by atomic mass is 32.2. The first-order valence-corrected chi connectivity index (χ1v) is 9.77. The molecule has 0 saturated carbocycles. The van der Waals surface area contributed by atoms with E-state index in [0.29, 0.717) is 31.7 Å². The molecule has 9 heteroatoms. The predicted octanol–water partition coefficient (Wildman–Crippen LogP) is -0.869. The normalized spacial score (nSPS) is 20.7. The van der Waals surface area contributed by atoms with Crippen LogP contribution >= 0.6 is 0 Å². The molecule has 25 heavy (non-hydrogen) atoms. The van der Waals surface area contributed by atoms with Gasteiger partial charge in [0, 0.05) is 18.5 Å². The Labute approximate surface area is 147 Å². The lowest BCUT2D eigenvalue weighted by Crippen LogP contribution is -3.14. The lowest BCUT2D eigenvalue weighted by molar-refractivity contribution is -0.897. The molecule has 2 rings (SSSR count). The highest BCUT2D eigenvalue weighted by molar-refractivity contribution is 7.89. The minimum absolute atomic E-state index is 0.00263. The molecule has 0 unspecified atom stereocenters. The monoisotopic (exact) mass is 370 g/mol. The van der Waals surface area contributed by atoms with Crippen molar-refractivity contribution in [3.05, 3.63) is 24.3 Å². The number of carbonyl (C=O) groups excluding carboxylic acids is 2. The molecule has 1 aliphatic rings. The summed E-state index contributed by atoms with van der Waals surface area (Å²) >= 11 is 0. The van der Waals surface area contributed by atoms with Crippen molar-refractivity contribution < 1.29 is 27.6 Å². The van der Waals surface area contributed by atoms with Crippen molar-refractivity contribution in [1.29, 1.82) is 0 Å². The molecule has 1 heterocycles. The van der Waals surface area contributed by atoms with Gasteiger partial charge in [0.1, 0.15) is 0 Å². The van der Waals surface area contributed by atoms with Crippen LogP contribution < -0.4 is 15.4 Å². The number of primary sulfonamides is 1. The third-order valence-corrected chi connectivity index (χ3v) is 5.12. The van der Waals surface area contributed by atoms with Crippen LogP contribution in [0, 0.1) is 5.92 Å². The molecular weight excluding hydrogens is 346 g/mol. The lowest BCUT2D eigenvalue weighted by atomic mass is 9.97. The molecule has 0 aliphatic carbocycles. The van der Waals surface area contributed by atoms with Crippen molar-refractivity contribution in [2.75, 3.05) is 31.6 Å². The summed E-state index contributed by atoms with van der Waals surface area (Å²) in [5, 5.41) is 7.77. The van der Waals surface area contributed by atoms with Gasteiger partial charge in [-0.05, 0) is 31.2 Å². The van der Waals surface area contributed by atoms with Crippen LogP contribution in [0.15, 0.2) is 29.2 Å². The van der Waals surface area contributed by atoms with Crippen molar-refractivity contribution in [3.63, 3.8) is 0 Å². The van der Waals surface area contributed by atoms with Gasteiger partial charge in [0.25, 0.3) is 5.91 Å². The van der Waals surface area contributed by atoms with Crippen molar-refractivity contribution in [3.8, 4) is 0 Å². The number of benzene rings is 1. The minimum Gasteiger partial charge on any atom is -0.466 e. The molecular formula is C16H24N3O5S+. The Morgan fingerprint density at radius 2 is 1.84 bits per heavy atom. The van der Waals surface area contributed by atoms with E-state index in [4.69, 9.17) is 9.88 Å². The van der Waals surface area contributed by atoms with E-state index in [9.17, 15) is 18.0 Å². The second-order valence-corrected chi connectivity index (χ2v) is 7.63. The topological polar surface area (TPSA) is 120 Å². The smallest absolute Gasteiger partial charge is 0.309 e. The van der Waals surface area contributed by atoms with Crippen LogP contribution in [-0.2, 0) is 24.3 Å². The van der Waals surface area contributed by atoms with Gasteiger partial charge in [0.05, 0.1) is 30.5 Å². The van der Waals surface area contributed by atoms with E-state index in [1.807, 2.05) is 0 Å². The molecule has 0 bridgehead atoms. The number of hydrogen-bond acceptors (Lipinski definition) is 5. The fourth-order valence-electron chi connectivity index (χ4n) is 2.86. The first-order chi connectivity index (χ1) is 11.8. The van der Waals surface area contributed by atoms with E-state index < -0.39 is 10.0 Å². The van der Waals surface area contributed by atoms with Crippen molar-refractivity contribution >= 4 is 27.6 Å². The van der Waals surface area contributed by atoms with Gasteiger partial charge in [0.15, 0.2) is 6.54 Å². The van der Waals surface area contributed by atoms with E-state index in [1.54, 1.807) is 6.92 Å². The van der Waals surface area contributed by atoms with Gasteiger partial charge < -0.3 is 15.0 Å². The first kappa shape index (κ1) is 19.4. The van der Waals surface area contributed by atoms with Crippen LogP contribution in [0.3, 0.4) is 0 Å². The number of amides is 1. The number of rotatable bonds is 6. The number of piperidine rings is 1. The number of ether oxygens (including phenoxy) is 1. The quantitative estimate of drug-likeness (QED) is 0.562.